The summed E-state index contributed by atoms with van der Waals surface area (Å²) in [7, 11) is 2.08. The van der Waals surface area contributed by atoms with Crippen LogP contribution in [0.15, 0.2) is 72.8 Å². The highest BCUT2D eigenvalue weighted by molar-refractivity contribution is 5.92. The molecule has 7 nitrogen and oxygen atoms in total. The Morgan fingerprint density at radius 1 is 0.921 bits per heavy atom. The molecule has 1 aliphatic heterocycles. The number of nitrogens with one attached hydrogen (secondary N) is 2. The Morgan fingerprint density at radius 2 is 1.63 bits per heavy atom. The molecule has 1 heterocycles. The van der Waals surface area contributed by atoms with E-state index in [4.69, 9.17) is 9.84 Å². The minimum Gasteiger partial charge on any atom is -0.446 e. The Morgan fingerprint density at radius 3 is 2.34 bits per heavy atom. The lowest BCUT2D eigenvalue weighted by Gasteiger charge is -2.28. The fourth-order valence-corrected chi connectivity index (χ4v) is 4.64. The van der Waals surface area contributed by atoms with Crippen molar-refractivity contribution < 1.29 is 19.4 Å². The molecule has 3 aromatic carbocycles. The molecular formula is C31H37N3O4. The third-order valence-electron chi connectivity index (χ3n) is 6.88. The SMILES string of the molecule is CN1CCC(OC(=O)Nc2cc(CCCCC(=O)Nc3ccc(CO)cc3)ccc2-c2ccccc2)CC1. The van der Waals surface area contributed by atoms with Crippen LogP contribution in [-0.2, 0) is 22.6 Å². The highest BCUT2D eigenvalue weighted by Crippen LogP contribution is 2.30. The summed E-state index contributed by atoms with van der Waals surface area (Å²) in [5.74, 6) is -0.0276. The van der Waals surface area contributed by atoms with Gasteiger partial charge in [-0.05, 0) is 74.0 Å². The standard InChI is InChI=1S/C31H37N3O4/c1-34-19-17-27(18-20-34)38-31(37)33-29-21-23(13-16-28(29)25-8-3-2-4-9-25)7-5-6-10-30(36)32-26-14-11-24(22-35)12-15-26/h2-4,8-9,11-16,21,27,35H,5-7,10,17-20,22H2,1H3,(H,32,36)(H,33,37). The van der Waals surface area contributed by atoms with Crippen molar-refractivity contribution in [2.75, 3.05) is 30.8 Å². The fourth-order valence-electron chi connectivity index (χ4n) is 4.64. The predicted molar refractivity (Wildman–Crippen MR) is 151 cm³/mol. The Labute approximate surface area is 224 Å². The van der Waals surface area contributed by atoms with Gasteiger partial charge >= 0.3 is 6.09 Å². The van der Waals surface area contributed by atoms with Gasteiger partial charge in [0.2, 0.25) is 5.91 Å². The van der Waals surface area contributed by atoms with Gasteiger partial charge in [0.25, 0.3) is 0 Å². The van der Waals surface area contributed by atoms with E-state index in [1.807, 2.05) is 42.5 Å². The van der Waals surface area contributed by atoms with Crippen LogP contribution < -0.4 is 10.6 Å². The molecule has 0 spiro atoms. The second-order valence-corrected chi connectivity index (χ2v) is 9.89. The smallest absolute Gasteiger partial charge is 0.411 e. The Hall–Kier alpha value is -3.68. The first-order chi connectivity index (χ1) is 18.5. The molecule has 0 aliphatic carbocycles. The van der Waals surface area contributed by atoms with Crippen LogP contribution in [0.25, 0.3) is 11.1 Å². The molecule has 0 radical (unpaired) electrons. The van der Waals surface area contributed by atoms with E-state index in [1.54, 1.807) is 24.3 Å². The summed E-state index contributed by atoms with van der Waals surface area (Å²) in [6.45, 7) is 1.84. The molecule has 0 aromatic heterocycles. The maximum Gasteiger partial charge on any atom is 0.411 e. The Balaban J connectivity index is 1.33. The van der Waals surface area contributed by atoms with Crippen LogP contribution in [-0.4, -0.2) is 48.2 Å². The van der Waals surface area contributed by atoms with E-state index in [1.165, 1.54) is 0 Å². The number of rotatable bonds is 10. The summed E-state index contributed by atoms with van der Waals surface area (Å²) < 4.78 is 5.73. The zero-order valence-electron chi connectivity index (χ0n) is 22.0. The number of aliphatic hydroxyl groups excluding tert-OH is 1. The molecule has 0 atom stereocenters. The third kappa shape index (κ3) is 8.16. The average molecular weight is 516 g/mol. The molecule has 4 rings (SSSR count). The van der Waals surface area contributed by atoms with E-state index in [9.17, 15) is 9.59 Å². The van der Waals surface area contributed by atoms with Crippen LogP contribution >= 0.6 is 0 Å². The summed E-state index contributed by atoms with van der Waals surface area (Å²) in [5.41, 5.74) is 5.34. The summed E-state index contributed by atoms with van der Waals surface area (Å²) in [5, 5.41) is 15.0. The molecule has 3 aromatic rings. The van der Waals surface area contributed by atoms with Crippen molar-refractivity contribution in [1.82, 2.24) is 4.90 Å². The number of ether oxygens (including phenoxy) is 1. The first kappa shape index (κ1) is 27.4. The zero-order valence-corrected chi connectivity index (χ0v) is 22.0. The van der Waals surface area contributed by atoms with Gasteiger partial charge in [-0.15, -0.1) is 0 Å². The molecule has 7 heteroatoms. The molecule has 3 N–H and O–H groups in total. The van der Waals surface area contributed by atoms with E-state index in [-0.39, 0.29) is 18.6 Å². The van der Waals surface area contributed by atoms with Crippen molar-refractivity contribution in [3.8, 4) is 11.1 Å². The lowest BCUT2D eigenvalue weighted by molar-refractivity contribution is -0.116. The lowest BCUT2D eigenvalue weighted by Crippen LogP contribution is -2.36. The zero-order chi connectivity index (χ0) is 26.7. The highest BCUT2D eigenvalue weighted by atomic mass is 16.6. The van der Waals surface area contributed by atoms with Gasteiger partial charge in [-0.1, -0.05) is 54.6 Å². The van der Waals surface area contributed by atoms with Crippen LogP contribution in [0.1, 0.15) is 43.2 Å². The number of amides is 2. The second kappa shape index (κ2) is 13.7. The summed E-state index contributed by atoms with van der Waals surface area (Å²) >= 11 is 0. The van der Waals surface area contributed by atoms with Crippen molar-refractivity contribution in [2.45, 2.75) is 51.2 Å². The van der Waals surface area contributed by atoms with Gasteiger partial charge in [0.05, 0.1) is 12.3 Å². The topological polar surface area (TPSA) is 90.9 Å². The van der Waals surface area contributed by atoms with Gasteiger partial charge in [0, 0.05) is 30.8 Å². The molecule has 1 fully saturated rings. The summed E-state index contributed by atoms with van der Waals surface area (Å²) in [6.07, 6.45) is 4.03. The fraction of sp³-hybridized carbons (Fsp3) is 0.355. The number of aryl methyl sites for hydroxylation is 1. The Bertz CT molecular complexity index is 1190. The average Bonchev–Trinajstić information content (AvgIpc) is 2.93. The van der Waals surface area contributed by atoms with Gasteiger partial charge < -0.3 is 20.1 Å². The maximum absolute atomic E-state index is 12.8. The number of unbranched alkanes of at least 4 members (excludes halogenated alkanes) is 1. The van der Waals surface area contributed by atoms with E-state index in [0.29, 0.717) is 6.42 Å². The van der Waals surface area contributed by atoms with Crippen molar-refractivity contribution in [1.29, 1.82) is 0 Å². The van der Waals surface area contributed by atoms with Crippen LogP contribution in [0, 0.1) is 0 Å². The first-order valence-corrected chi connectivity index (χ1v) is 13.3. The van der Waals surface area contributed by atoms with Crippen molar-refractivity contribution in [3.63, 3.8) is 0 Å². The molecule has 1 aliphatic rings. The number of nitrogens with zero attached hydrogens (tertiary/aromatic N) is 1. The van der Waals surface area contributed by atoms with Gasteiger partial charge in [-0.3, -0.25) is 10.1 Å². The molecule has 1 saturated heterocycles. The number of hydrogen-bond acceptors (Lipinski definition) is 5. The number of hydrogen-bond donors (Lipinski definition) is 3. The molecule has 38 heavy (non-hydrogen) atoms. The van der Waals surface area contributed by atoms with Gasteiger partial charge in [-0.2, -0.15) is 0 Å². The van der Waals surface area contributed by atoms with Gasteiger partial charge in [-0.25, -0.2) is 4.79 Å². The number of aliphatic hydroxyl groups is 1. The highest BCUT2D eigenvalue weighted by Gasteiger charge is 2.21. The lowest BCUT2D eigenvalue weighted by atomic mass is 9.99. The van der Waals surface area contributed by atoms with Crippen LogP contribution in [0.3, 0.4) is 0 Å². The minimum atomic E-state index is -0.419. The Kier molecular flexibility index (Phi) is 9.90. The first-order valence-electron chi connectivity index (χ1n) is 13.3. The van der Waals surface area contributed by atoms with E-state index < -0.39 is 6.09 Å². The summed E-state index contributed by atoms with van der Waals surface area (Å²) in [6, 6.07) is 23.3. The third-order valence-corrected chi connectivity index (χ3v) is 6.88. The number of carbonyl (C=O) groups excluding carboxylic acids is 2. The van der Waals surface area contributed by atoms with E-state index in [0.717, 1.165) is 78.8 Å². The van der Waals surface area contributed by atoms with E-state index >= 15 is 0 Å². The number of likely N-dealkylation sites (tertiary alicyclic amines) is 1. The van der Waals surface area contributed by atoms with Crippen LogP contribution in [0.5, 0.6) is 0 Å². The van der Waals surface area contributed by atoms with Crippen molar-refractivity contribution >= 4 is 23.4 Å². The molecule has 0 saturated carbocycles. The molecule has 0 unspecified atom stereocenters. The molecule has 2 amide bonds. The summed E-state index contributed by atoms with van der Waals surface area (Å²) in [4.78, 5) is 27.3. The van der Waals surface area contributed by atoms with Gasteiger partial charge in [0.1, 0.15) is 6.10 Å². The van der Waals surface area contributed by atoms with Gasteiger partial charge in [0.15, 0.2) is 0 Å². The quantitative estimate of drug-likeness (QED) is 0.295. The number of anilines is 2. The monoisotopic (exact) mass is 515 g/mol. The number of benzene rings is 3. The maximum atomic E-state index is 12.8. The number of carbonyl (C=O) groups is 2. The second-order valence-electron chi connectivity index (χ2n) is 9.89. The minimum absolute atomic E-state index is 0.0166. The normalized spacial score (nSPS) is 14.2. The largest absolute Gasteiger partial charge is 0.446 e. The molecular weight excluding hydrogens is 478 g/mol. The van der Waals surface area contributed by atoms with E-state index in [2.05, 4.69) is 28.6 Å². The van der Waals surface area contributed by atoms with Crippen molar-refractivity contribution in [3.05, 3.63) is 83.9 Å². The number of piperidine rings is 1. The molecule has 200 valence electrons. The predicted octanol–water partition coefficient (Wildman–Crippen LogP) is 5.84. The van der Waals surface area contributed by atoms with Crippen LogP contribution in [0.4, 0.5) is 16.2 Å². The van der Waals surface area contributed by atoms with Crippen LogP contribution in [0.2, 0.25) is 0 Å². The molecule has 0 bridgehead atoms. The van der Waals surface area contributed by atoms with Crippen molar-refractivity contribution in [2.24, 2.45) is 0 Å².